The lowest BCUT2D eigenvalue weighted by atomic mass is 9.91. The second kappa shape index (κ2) is 50.0. The summed E-state index contributed by atoms with van der Waals surface area (Å²) in [5, 5.41) is 14.1. The Balaban J connectivity index is 0.000000138. The van der Waals surface area contributed by atoms with Crippen molar-refractivity contribution in [3.63, 3.8) is 0 Å². The van der Waals surface area contributed by atoms with E-state index in [9.17, 15) is 24.0 Å². The highest BCUT2D eigenvalue weighted by molar-refractivity contribution is 6.07. The number of likely N-dealkylation sites (N-methyl/N-ethyl adjacent to an activating group) is 1. The molecule has 12 heterocycles. The zero-order chi connectivity index (χ0) is 103. The van der Waals surface area contributed by atoms with Crippen LogP contribution in [0.3, 0.4) is 0 Å². The van der Waals surface area contributed by atoms with Crippen molar-refractivity contribution in [2.24, 2.45) is 16.7 Å². The third kappa shape index (κ3) is 29.7. The van der Waals surface area contributed by atoms with Crippen LogP contribution < -0.4 is 31.5 Å². The number of carbonyl (C=O) groups excluding carboxylic acids is 5. The molecule has 0 radical (unpaired) electrons. The highest BCUT2D eigenvalue weighted by Gasteiger charge is 2.24. The highest BCUT2D eigenvalue weighted by atomic mass is 16.5. The fourth-order valence-corrected chi connectivity index (χ4v) is 16.7. The van der Waals surface area contributed by atoms with Gasteiger partial charge in [-0.2, -0.15) is 0 Å². The number of aryl methyl sites for hydroxylation is 2. The number of ether oxygens (including phenoxy) is 1. The monoisotopic (exact) mass is 1970 g/mol. The van der Waals surface area contributed by atoms with Crippen molar-refractivity contribution in [1.29, 1.82) is 0 Å². The first-order valence-electron chi connectivity index (χ1n) is 49.3. The second-order valence-electron chi connectivity index (χ2n) is 38.0. The summed E-state index contributed by atoms with van der Waals surface area (Å²) in [5.41, 5.74) is 18.4. The van der Waals surface area contributed by atoms with Crippen LogP contribution in [0.15, 0.2) is 234 Å². The number of rotatable bonds is 27. The largest absolute Gasteiger partial charge is 0.379 e. The number of hydrogen-bond acceptors (Lipinski definition) is 25. The molecule has 147 heavy (non-hydrogen) atoms. The van der Waals surface area contributed by atoms with Crippen LogP contribution in [0.25, 0.3) is 84.3 Å². The van der Waals surface area contributed by atoms with Gasteiger partial charge < -0.3 is 41.1 Å². The van der Waals surface area contributed by atoms with Gasteiger partial charge in [0.15, 0.2) is 17.5 Å². The molecule has 5 amide bonds. The zero-order valence-electron chi connectivity index (χ0n) is 85.2. The van der Waals surface area contributed by atoms with Crippen LogP contribution >= 0.6 is 0 Å². The minimum atomic E-state index is -0.344. The van der Waals surface area contributed by atoms with Crippen molar-refractivity contribution in [3.8, 4) is 64.6 Å². The molecule has 3 aliphatic rings. The molecule has 752 valence electrons. The number of amides is 5. The minimum Gasteiger partial charge on any atom is -0.379 e. The molecule has 3 fully saturated rings. The molecule has 35 heteroatoms. The van der Waals surface area contributed by atoms with Crippen molar-refractivity contribution in [1.82, 2.24) is 112 Å². The molecular weight excluding hydrogens is 1850 g/mol. The molecule has 19 rings (SSSR count). The number of piperazine rings is 1. The smallest absolute Gasteiger partial charge is 0.300 e. The summed E-state index contributed by atoms with van der Waals surface area (Å²) in [6, 6.07) is 40.2. The number of benzene rings is 6. The lowest BCUT2D eigenvalue weighted by Crippen LogP contribution is -2.44. The maximum Gasteiger partial charge on any atom is 0.300 e. The van der Waals surface area contributed by atoms with Gasteiger partial charge in [-0.15, -0.1) is 0 Å². The molecule has 35 nitrogen and oxygen atoms in total. The first-order valence-corrected chi connectivity index (χ1v) is 49.3. The van der Waals surface area contributed by atoms with Gasteiger partial charge in [-0.25, -0.2) is 59.8 Å². The van der Waals surface area contributed by atoms with Gasteiger partial charge in [-0.1, -0.05) is 116 Å². The van der Waals surface area contributed by atoms with Crippen molar-refractivity contribution in [3.05, 3.63) is 268 Å². The van der Waals surface area contributed by atoms with Gasteiger partial charge in [0, 0.05) is 130 Å². The molecule has 2 aliphatic heterocycles. The molecule has 0 spiro atoms. The number of morpholine rings is 1. The lowest BCUT2D eigenvalue weighted by molar-refractivity contribution is -0.112. The first kappa shape index (κ1) is 105. The SMILES string of the molecule is C=CC(=O)Nc1ccc2ncn(-c3cncc(Cc4ccccc4CC)n3)c2c1.CC#CC(=O)Nc1ccc2ncn(-c3cc(CCC4CC4)ncn3)c2c1.CC#CC(=O)Nc1ccc2ncn(-c3cc(N(CC)CC)ncn3)c2c1.CC(C)(C)Cc1cncc(-n2cnc3ccc(NC(=O)/C=C\CCN4CCOCC4)cc32)n1.CN1CCN(CC#CC(=O)Nc2ccc3ncn(-c4cncc(CC(C)(C)C)n4)c3c2)CC1. The number of nitrogens with one attached hydrogen (secondary N) is 5. The summed E-state index contributed by atoms with van der Waals surface area (Å²) in [6.45, 7) is 36.9. The van der Waals surface area contributed by atoms with E-state index in [0.29, 0.717) is 52.4 Å². The van der Waals surface area contributed by atoms with Gasteiger partial charge in [0.25, 0.3) is 17.7 Å². The average Bonchev–Trinajstić information content (AvgIpc) is 1.68. The van der Waals surface area contributed by atoms with Crippen molar-refractivity contribution in [2.45, 2.75) is 134 Å². The number of anilines is 6. The number of carbonyl (C=O) groups is 5. The average molecular weight is 1970 g/mol. The van der Waals surface area contributed by atoms with Crippen molar-refractivity contribution >= 4 is 119 Å². The zero-order valence-corrected chi connectivity index (χ0v) is 85.2. The normalized spacial score (nSPS) is 13.2. The van der Waals surface area contributed by atoms with E-state index in [1.165, 1.54) is 36.5 Å². The Hall–Kier alpha value is -16.8. The van der Waals surface area contributed by atoms with E-state index >= 15 is 0 Å². The van der Waals surface area contributed by atoms with Gasteiger partial charge >= 0.3 is 0 Å². The fourth-order valence-electron chi connectivity index (χ4n) is 16.7. The van der Waals surface area contributed by atoms with Gasteiger partial charge in [0.05, 0.1) is 111 Å². The predicted octanol–water partition coefficient (Wildman–Crippen LogP) is 16.1. The summed E-state index contributed by atoms with van der Waals surface area (Å²) in [4.78, 5) is 136. The number of aromatic nitrogens is 20. The number of fused-ring (bicyclic) bond motifs is 5. The number of imidazole rings is 5. The van der Waals surface area contributed by atoms with E-state index in [2.05, 4.69) is 236 Å². The van der Waals surface area contributed by atoms with Crippen LogP contribution in [0, 0.1) is 52.3 Å². The van der Waals surface area contributed by atoms with Crippen LogP contribution in [0.1, 0.15) is 136 Å². The van der Waals surface area contributed by atoms with Crippen LogP contribution in [-0.4, -0.2) is 228 Å². The fraction of sp³-hybridized carbons (Fsp3) is 0.321. The molecule has 5 N–H and O–H groups in total. The Morgan fingerprint density at radius 2 is 0.878 bits per heavy atom. The first-order chi connectivity index (χ1) is 71.2. The summed E-state index contributed by atoms with van der Waals surface area (Å²) in [5.74, 6) is 19.8. The van der Waals surface area contributed by atoms with Gasteiger partial charge in [0.2, 0.25) is 11.8 Å². The van der Waals surface area contributed by atoms with E-state index in [4.69, 9.17) is 19.7 Å². The quantitative estimate of drug-likeness (QED) is 0.0236. The lowest BCUT2D eigenvalue weighted by Gasteiger charge is -2.30. The topological polar surface area (TPSA) is 386 Å². The Bertz CT molecular complexity index is 7590. The number of hydrogen-bond donors (Lipinski definition) is 5. The van der Waals surface area contributed by atoms with Gasteiger partial charge in [-0.3, -0.25) is 71.6 Å². The summed E-state index contributed by atoms with van der Waals surface area (Å²) < 4.78 is 14.8. The molecular formula is C112H123N29O6. The minimum absolute atomic E-state index is 0.118. The van der Waals surface area contributed by atoms with Crippen molar-refractivity contribution in [2.75, 3.05) is 117 Å². The molecule has 0 unspecified atom stereocenters. The maximum atomic E-state index is 12.4. The Morgan fingerprint density at radius 3 is 1.32 bits per heavy atom. The number of nitrogens with zero attached hydrogens (tertiary/aromatic N) is 24. The van der Waals surface area contributed by atoms with E-state index in [1.807, 2.05) is 138 Å². The third-order valence-corrected chi connectivity index (χ3v) is 24.3. The Morgan fingerprint density at radius 1 is 0.456 bits per heavy atom. The molecule has 1 saturated carbocycles. The molecule has 0 atom stereocenters. The predicted molar refractivity (Wildman–Crippen MR) is 576 cm³/mol. The van der Waals surface area contributed by atoms with E-state index in [-0.39, 0.29) is 40.4 Å². The maximum absolute atomic E-state index is 12.4. The van der Waals surface area contributed by atoms with Crippen LogP contribution in [0.2, 0.25) is 0 Å². The van der Waals surface area contributed by atoms with Crippen molar-refractivity contribution < 1.29 is 28.7 Å². The summed E-state index contributed by atoms with van der Waals surface area (Å²) in [7, 11) is 2.12. The van der Waals surface area contributed by atoms with E-state index in [0.717, 1.165) is 212 Å². The third-order valence-electron chi connectivity index (χ3n) is 24.3. The summed E-state index contributed by atoms with van der Waals surface area (Å²) in [6.07, 6.45) is 36.2. The van der Waals surface area contributed by atoms with Gasteiger partial charge in [0.1, 0.15) is 61.7 Å². The Labute approximate surface area is 855 Å². The van der Waals surface area contributed by atoms with Gasteiger partial charge in [-0.05, 0) is 222 Å². The van der Waals surface area contributed by atoms with Crippen LogP contribution in [0.5, 0.6) is 0 Å². The van der Waals surface area contributed by atoms with E-state index in [1.54, 1.807) is 101 Å². The van der Waals surface area contributed by atoms with E-state index < -0.39 is 0 Å². The standard InChI is InChI=1S/C25H31N7O.C25H32N6O2.C23H21N5O.C20H19N5O.C19H20N6O/c1-25(2,3)15-20-16-26-17-23(28-20)32-18-27-21-8-7-19(14-22(21)32)29-24(33)6-5-9-31-12-10-30(4)11-13-31;1-25(2,3)15-20-16-26-17-23(28-20)31-18-27-21-8-7-19(14-22(21)31)29-24(32)6-4-5-9-30-10-12-33-13-11-30;1-3-16-7-5-6-8-17(16)11-19-13-24-14-22(26-19)28-15-25-20-10-9-18(12-21(20)28)27-23(29)4-2;1-2-3-20(26)24-16-8-9-17-18(10-16)25(13-23-17)19-11-15(21-12-22-19)7-6-14-4-5-14;1-4-7-19(26)23-14-8-9-15-16(10-14)25(13-22-15)18-11-17(20-12-21-18)24(5-2)6-3/h7-8,14,16-18H,9-13,15H2,1-4H3,(H,29,33);4,6-8,14,16-18H,5,9-13,15H2,1-3H3,(H,29,32);4-10,12-15H,2-3,11H2,1H3,(H,27,29);8-14H,4-7H2,1H3,(H,24,26);8-13H,5-6H2,1-3H3,(H,23,26)/b;6-4-;;;. The molecule has 1 aliphatic carbocycles. The molecule has 10 aromatic heterocycles. The highest BCUT2D eigenvalue weighted by Crippen LogP contribution is 2.35. The van der Waals surface area contributed by atoms with Crippen LogP contribution in [-0.2, 0) is 60.8 Å². The van der Waals surface area contributed by atoms with Crippen LogP contribution in [0.4, 0.5) is 34.3 Å². The summed E-state index contributed by atoms with van der Waals surface area (Å²) >= 11 is 0. The molecule has 0 bridgehead atoms. The molecule has 2 saturated heterocycles. The second-order valence-corrected chi connectivity index (χ2v) is 38.0. The molecule has 16 aromatic rings. The molecule has 6 aromatic carbocycles. The Kier molecular flexibility index (Phi) is 35.5.